The Morgan fingerprint density at radius 1 is 1.44 bits per heavy atom. The Morgan fingerprint density at radius 2 is 2.24 bits per heavy atom. The molecule has 0 aliphatic carbocycles. The van der Waals surface area contributed by atoms with Gasteiger partial charge >= 0.3 is 5.97 Å². The van der Waals surface area contributed by atoms with Crippen LogP contribution in [0.25, 0.3) is 11.2 Å². The van der Waals surface area contributed by atoms with Gasteiger partial charge in [0.1, 0.15) is 6.61 Å². The molecule has 134 valence electrons. The second-order valence-electron chi connectivity index (χ2n) is 5.91. The van der Waals surface area contributed by atoms with E-state index in [2.05, 4.69) is 20.3 Å². The van der Waals surface area contributed by atoms with Gasteiger partial charge in [0.25, 0.3) is 5.56 Å². The summed E-state index contributed by atoms with van der Waals surface area (Å²) >= 11 is 0. The van der Waals surface area contributed by atoms with Crippen LogP contribution in [0.15, 0.2) is 11.1 Å². The number of amides is 1. The van der Waals surface area contributed by atoms with E-state index >= 15 is 0 Å². The van der Waals surface area contributed by atoms with Gasteiger partial charge < -0.3 is 14.0 Å². The number of hydrogen-bond acceptors (Lipinski definition) is 7. The van der Waals surface area contributed by atoms with Gasteiger partial charge in [0, 0.05) is 13.8 Å². The summed E-state index contributed by atoms with van der Waals surface area (Å²) in [5, 5.41) is 2.47. The van der Waals surface area contributed by atoms with Gasteiger partial charge in [-0.15, -0.1) is 0 Å². The molecule has 2 aromatic rings. The van der Waals surface area contributed by atoms with Crippen molar-refractivity contribution in [2.45, 2.75) is 38.8 Å². The zero-order chi connectivity index (χ0) is 18.0. The molecular weight excluding hydrogens is 330 g/mol. The topological polar surface area (TPSA) is 128 Å². The Morgan fingerprint density at radius 3 is 2.88 bits per heavy atom. The SMILES string of the molecule is CC(=O)Nc1nc2c(ncn2[C@H]2CC[C@@H](COC(C)=O)OC2)c(=O)[nH]1. The summed E-state index contributed by atoms with van der Waals surface area (Å²) in [6.45, 7) is 3.32. The van der Waals surface area contributed by atoms with Crippen LogP contribution in [0.3, 0.4) is 0 Å². The van der Waals surface area contributed by atoms with Crippen LogP contribution in [0.2, 0.25) is 0 Å². The molecule has 0 radical (unpaired) electrons. The lowest BCUT2D eigenvalue weighted by molar-refractivity contribution is -0.147. The van der Waals surface area contributed by atoms with Crippen molar-refractivity contribution in [3.8, 4) is 0 Å². The second-order valence-corrected chi connectivity index (χ2v) is 5.91. The van der Waals surface area contributed by atoms with Gasteiger partial charge in [0.15, 0.2) is 11.2 Å². The highest BCUT2D eigenvalue weighted by Gasteiger charge is 2.25. The van der Waals surface area contributed by atoms with E-state index in [1.165, 1.54) is 13.8 Å². The van der Waals surface area contributed by atoms with Crippen molar-refractivity contribution < 1.29 is 19.1 Å². The highest BCUT2D eigenvalue weighted by atomic mass is 16.6. The van der Waals surface area contributed by atoms with Crippen molar-refractivity contribution in [1.29, 1.82) is 0 Å². The maximum Gasteiger partial charge on any atom is 0.302 e. The fraction of sp³-hybridized carbons (Fsp3) is 0.533. The Labute approximate surface area is 142 Å². The summed E-state index contributed by atoms with van der Waals surface area (Å²) in [5.74, 6) is -0.584. The van der Waals surface area contributed by atoms with Crippen LogP contribution in [-0.2, 0) is 19.1 Å². The number of rotatable bonds is 4. The highest BCUT2D eigenvalue weighted by molar-refractivity contribution is 5.87. The summed E-state index contributed by atoms with van der Waals surface area (Å²) in [7, 11) is 0. The zero-order valence-electron chi connectivity index (χ0n) is 13.9. The average molecular weight is 349 g/mol. The molecule has 1 fully saturated rings. The molecule has 25 heavy (non-hydrogen) atoms. The standard InChI is InChI=1S/C15H19N5O5/c1-8(21)17-15-18-13-12(14(23)19-15)16-7-20(13)10-3-4-11(25-5-10)6-24-9(2)22/h7,10-11H,3-6H2,1-2H3,(H2,17,18,19,21,23)/t10-,11-/m0/s1. The number of esters is 1. The lowest BCUT2D eigenvalue weighted by Gasteiger charge is -2.29. The lowest BCUT2D eigenvalue weighted by Crippen LogP contribution is -2.31. The number of carbonyl (C=O) groups is 2. The van der Waals surface area contributed by atoms with Crippen LogP contribution in [0.1, 0.15) is 32.7 Å². The minimum absolute atomic E-state index is 0.0435. The van der Waals surface area contributed by atoms with Crippen LogP contribution >= 0.6 is 0 Å². The smallest absolute Gasteiger partial charge is 0.302 e. The number of hydrogen-bond donors (Lipinski definition) is 2. The van der Waals surface area contributed by atoms with Crippen LogP contribution in [-0.4, -0.2) is 50.7 Å². The molecule has 0 saturated carbocycles. The van der Waals surface area contributed by atoms with Crippen LogP contribution in [0, 0.1) is 0 Å². The quantitative estimate of drug-likeness (QED) is 0.763. The number of fused-ring (bicyclic) bond motifs is 1. The number of aromatic amines is 1. The molecule has 1 aliphatic heterocycles. The van der Waals surface area contributed by atoms with Gasteiger partial charge in [-0.3, -0.25) is 24.7 Å². The van der Waals surface area contributed by atoms with E-state index in [0.717, 1.165) is 6.42 Å². The second kappa shape index (κ2) is 7.01. The van der Waals surface area contributed by atoms with Crippen LogP contribution < -0.4 is 10.9 Å². The molecule has 2 aromatic heterocycles. The first-order valence-electron chi connectivity index (χ1n) is 7.93. The highest BCUT2D eigenvalue weighted by Crippen LogP contribution is 2.26. The van der Waals surface area contributed by atoms with E-state index in [-0.39, 0.29) is 42.1 Å². The number of aromatic nitrogens is 4. The molecule has 2 atom stereocenters. The number of anilines is 1. The molecule has 1 amide bonds. The molecule has 0 bridgehead atoms. The molecule has 2 N–H and O–H groups in total. The molecular formula is C15H19N5O5. The predicted octanol–water partition coefficient (Wildman–Crippen LogP) is 0.361. The van der Waals surface area contributed by atoms with E-state index in [1.54, 1.807) is 10.9 Å². The Kier molecular flexibility index (Phi) is 4.79. The van der Waals surface area contributed by atoms with E-state index in [0.29, 0.717) is 18.7 Å². The molecule has 10 heteroatoms. The number of carbonyl (C=O) groups excluding carboxylic acids is 2. The van der Waals surface area contributed by atoms with Crippen molar-refractivity contribution in [3.63, 3.8) is 0 Å². The summed E-state index contributed by atoms with van der Waals surface area (Å²) in [5.41, 5.74) is 0.174. The van der Waals surface area contributed by atoms with E-state index in [4.69, 9.17) is 9.47 Å². The third-order valence-electron chi connectivity index (χ3n) is 3.94. The molecule has 0 spiro atoms. The molecule has 3 heterocycles. The van der Waals surface area contributed by atoms with Crippen LogP contribution in [0.5, 0.6) is 0 Å². The van der Waals surface area contributed by atoms with Crippen molar-refractivity contribution in [1.82, 2.24) is 19.5 Å². The third kappa shape index (κ3) is 3.85. The maximum absolute atomic E-state index is 12.1. The predicted molar refractivity (Wildman–Crippen MR) is 87.1 cm³/mol. The summed E-state index contributed by atoms with van der Waals surface area (Å²) < 4.78 is 12.5. The van der Waals surface area contributed by atoms with Crippen LogP contribution in [0.4, 0.5) is 5.95 Å². The summed E-state index contributed by atoms with van der Waals surface area (Å²) in [6, 6.07) is -0.0435. The normalized spacial score (nSPS) is 20.4. The average Bonchev–Trinajstić information content (AvgIpc) is 2.97. The van der Waals surface area contributed by atoms with Gasteiger partial charge in [-0.1, -0.05) is 0 Å². The minimum Gasteiger partial charge on any atom is -0.463 e. The largest absolute Gasteiger partial charge is 0.463 e. The number of imidazole rings is 1. The van der Waals surface area contributed by atoms with Crippen molar-refractivity contribution >= 4 is 29.0 Å². The summed E-state index contributed by atoms with van der Waals surface area (Å²) in [4.78, 5) is 45.0. The van der Waals surface area contributed by atoms with Gasteiger partial charge in [0.2, 0.25) is 11.9 Å². The zero-order valence-corrected chi connectivity index (χ0v) is 13.9. The number of ether oxygens (including phenoxy) is 2. The third-order valence-corrected chi connectivity index (χ3v) is 3.94. The molecule has 1 saturated heterocycles. The first-order chi connectivity index (χ1) is 11.9. The fourth-order valence-electron chi connectivity index (χ4n) is 2.77. The lowest BCUT2D eigenvalue weighted by atomic mass is 10.1. The molecule has 3 rings (SSSR count). The molecule has 0 aromatic carbocycles. The van der Waals surface area contributed by atoms with Crippen molar-refractivity contribution in [2.24, 2.45) is 0 Å². The molecule has 1 aliphatic rings. The molecule has 10 nitrogen and oxygen atoms in total. The Hall–Kier alpha value is -2.75. The fourth-order valence-corrected chi connectivity index (χ4v) is 2.77. The molecule has 0 unspecified atom stereocenters. The minimum atomic E-state index is -0.419. The van der Waals surface area contributed by atoms with Gasteiger partial charge in [-0.25, -0.2) is 4.98 Å². The van der Waals surface area contributed by atoms with E-state index in [1.807, 2.05) is 0 Å². The van der Waals surface area contributed by atoms with E-state index in [9.17, 15) is 14.4 Å². The Balaban J connectivity index is 1.78. The maximum atomic E-state index is 12.1. The summed E-state index contributed by atoms with van der Waals surface area (Å²) in [6.07, 6.45) is 2.88. The first-order valence-corrected chi connectivity index (χ1v) is 7.93. The Bertz CT molecular complexity index is 850. The number of H-pyrrole nitrogens is 1. The van der Waals surface area contributed by atoms with Crippen molar-refractivity contribution in [3.05, 3.63) is 16.7 Å². The van der Waals surface area contributed by atoms with Gasteiger partial charge in [0.05, 0.1) is 25.1 Å². The number of nitrogens with one attached hydrogen (secondary N) is 2. The van der Waals surface area contributed by atoms with Gasteiger partial charge in [-0.2, -0.15) is 4.98 Å². The van der Waals surface area contributed by atoms with Gasteiger partial charge in [-0.05, 0) is 12.8 Å². The number of nitrogens with zero attached hydrogens (tertiary/aromatic N) is 3. The monoisotopic (exact) mass is 349 g/mol. The van der Waals surface area contributed by atoms with Crippen molar-refractivity contribution in [2.75, 3.05) is 18.5 Å². The first kappa shape index (κ1) is 17.1. The van der Waals surface area contributed by atoms with E-state index < -0.39 is 5.56 Å².